The standard InChI is InChI=1S/C33H40N4O6/c1-8-41-31(38)30(35)28(29(34)24-15-16-36-27(18-24)37-32(39)43-33(4,5)6)23-13-14-25(26(17-23)40-7)42-19-21-9-11-22(12-10-21)20(2)3/h9-18,20,34H,8,19,35H2,1-7H3,(H,36,37,39)/b30-28-,34-29?. The van der Waals surface area contributed by atoms with E-state index in [2.05, 4.69) is 36.3 Å². The van der Waals surface area contributed by atoms with Crippen LogP contribution in [0.3, 0.4) is 0 Å². The highest BCUT2D eigenvalue weighted by Gasteiger charge is 2.23. The Bertz CT molecular complexity index is 1490. The predicted molar refractivity (Wildman–Crippen MR) is 167 cm³/mol. The molecule has 2 aromatic carbocycles. The fourth-order valence-electron chi connectivity index (χ4n) is 4.05. The third-order valence-electron chi connectivity index (χ3n) is 6.19. The number of hydrogen-bond acceptors (Lipinski definition) is 9. The Morgan fingerprint density at radius 3 is 2.30 bits per heavy atom. The topological polar surface area (TPSA) is 146 Å². The normalized spacial score (nSPS) is 11.8. The first-order valence-corrected chi connectivity index (χ1v) is 13.9. The summed E-state index contributed by atoms with van der Waals surface area (Å²) in [5.74, 6) is 0.694. The van der Waals surface area contributed by atoms with E-state index in [1.807, 2.05) is 12.1 Å². The van der Waals surface area contributed by atoms with Gasteiger partial charge in [0, 0.05) is 17.3 Å². The Morgan fingerprint density at radius 2 is 1.70 bits per heavy atom. The molecule has 0 spiro atoms. The van der Waals surface area contributed by atoms with Crippen molar-refractivity contribution in [2.75, 3.05) is 19.0 Å². The summed E-state index contributed by atoms with van der Waals surface area (Å²) in [6, 6.07) is 16.3. The molecule has 10 heteroatoms. The van der Waals surface area contributed by atoms with Crippen LogP contribution in [-0.2, 0) is 20.9 Å². The molecule has 1 aromatic heterocycles. The molecule has 0 aliphatic rings. The Kier molecular flexibility index (Phi) is 10.9. The number of aromatic nitrogens is 1. The fraction of sp³-hybridized carbons (Fsp3) is 0.333. The highest BCUT2D eigenvalue weighted by atomic mass is 16.6. The molecule has 0 aliphatic carbocycles. The second-order valence-electron chi connectivity index (χ2n) is 11.0. The molecule has 228 valence electrons. The number of hydrogen-bond donors (Lipinski definition) is 3. The lowest BCUT2D eigenvalue weighted by Gasteiger charge is -2.19. The number of anilines is 1. The van der Waals surface area contributed by atoms with Crippen LogP contribution in [0.5, 0.6) is 11.5 Å². The first kappa shape index (κ1) is 32.7. The number of benzene rings is 2. The third kappa shape index (κ3) is 9.06. The molecule has 10 nitrogen and oxygen atoms in total. The number of nitrogens with one attached hydrogen (secondary N) is 2. The van der Waals surface area contributed by atoms with Gasteiger partial charge in [0.15, 0.2) is 11.5 Å². The molecule has 0 radical (unpaired) electrons. The van der Waals surface area contributed by atoms with Gasteiger partial charge in [-0.25, -0.2) is 14.6 Å². The van der Waals surface area contributed by atoms with Crippen LogP contribution in [0, 0.1) is 5.41 Å². The largest absolute Gasteiger partial charge is 0.493 e. The van der Waals surface area contributed by atoms with Crippen molar-refractivity contribution in [3.63, 3.8) is 0 Å². The summed E-state index contributed by atoms with van der Waals surface area (Å²) >= 11 is 0. The average Bonchev–Trinajstić information content (AvgIpc) is 2.95. The van der Waals surface area contributed by atoms with Gasteiger partial charge in [-0.15, -0.1) is 0 Å². The Balaban J connectivity index is 1.94. The van der Waals surface area contributed by atoms with Crippen LogP contribution in [0.2, 0.25) is 0 Å². The number of ether oxygens (including phenoxy) is 4. The first-order valence-electron chi connectivity index (χ1n) is 13.9. The maximum Gasteiger partial charge on any atom is 0.413 e. The molecule has 4 N–H and O–H groups in total. The second-order valence-corrected chi connectivity index (χ2v) is 11.0. The number of carbonyl (C=O) groups is 2. The lowest BCUT2D eigenvalue weighted by molar-refractivity contribution is -0.138. The van der Waals surface area contributed by atoms with Gasteiger partial charge in [0.2, 0.25) is 0 Å². The van der Waals surface area contributed by atoms with E-state index < -0.39 is 17.7 Å². The number of esters is 1. The minimum absolute atomic E-state index is 0.0962. The smallest absolute Gasteiger partial charge is 0.413 e. The van der Waals surface area contributed by atoms with Crippen molar-refractivity contribution in [2.45, 2.75) is 59.7 Å². The maximum absolute atomic E-state index is 12.7. The highest BCUT2D eigenvalue weighted by molar-refractivity contribution is 6.33. The molecule has 0 saturated heterocycles. The molecule has 0 bridgehead atoms. The number of nitrogens with two attached hydrogens (primary N) is 1. The minimum Gasteiger partial charge on any atom is -0.493 e. The average molecular weight is 589 g/mol. The van der Waals surface area contributed by atoms with E-state index >= 15 is 0 Å². The van der Waals surface area contributed by atoms with Gasteiger partial charge in [-0.3, -0.25) is 10.7 Å². The Hall–Kier alpha value is -4.86. The lowest BCUT2D eigenvalue weighted by atomic mass is 9.94. The third-order valence-corrected chi connectivity index (χ3v) is 6.19. The molecule has 1 amide bonds. The summed E-state index contributed by atoms with van der Waals surface area (Å²) in [7, 11) is 1.50. The maximum atomic E-state index is 12.7. The van der Waals surface area contributed by atoms with Crippen molar-refractivity contribution in [3.8, 4) is 11.5 Å². The first-order chi connectivity index (χ1) is 20.3. The van der Waals surface area contributed by atoms with Crippen molar-refractivity contribution < 1.29 is 28.5 Å². The van der Waals surface area contributed by atoms with Crippen molar-refractivity contribution in [2.24, 2.45) is 5.73 Å². The Morgan fingerprint density at radius 1 is 1.00 bits per heavy atom. The molecule has 3 aromatic rings. The predicted octanol–water partition coefficient (Wildman–Crippen LogP) is 6.44. The summed E-state index contributed by atoms with van der Waals surface area (Å²) in [5.41, 5.74) is 8.36. The molecule has 0 atom stereocenters. The number of allylic oxidation sites excluding steroid dienone is 1. The SMILES string of the molecule is CCOC(=O)/C(N)=C(/C(=N)c1ccnc(NC(=O)OC(C)(C)C)c1)c1ccc(OCc2ccc(C(C)C)cc2)c(OC)c1. The molecule has 1 heterocycles. The van der Waals surface area contributed by atoms with Crippen molar-refractivity contribution in [1.82, 2.24) is 4.98 Å². The lowest BCUT2D eigenvalue weighted by Crippen LogP contribution is -2.27. The number of nitrogens with zero attached hydrogens (tertiary/aromatic N) is 1. The van der Waals surface area contributed by atoms with E-state index in [-0.39, 0.29) is 29.4 Å². The fourth-order valence-corrected chi connectivity index (χ4v) is 4.05. The zero-order valence-corrected chi connectivity index (χ0v) is 25.7. The minimum atomic E-state index is -0.771. The molecule has 3 rings (SSSR count). The van der Waals surface area contributed by atoms with E-state index in [4.69, 9.17) is 30.1 Å². The summed E-state index contributed by atoms with van der Waals surface area (Å²) in [5, 5.41) is 11.6. The van der Waals surface area contributed by atoms with Crippen LogP contribution in [0.15, 0.2) is 66.5 Å². The van der Waals surface area contributed by atoms with Gasteiger partial charge in [-0.05, 0) is 74.6 Å². The monoisotopic (exact) mass is 588 g/mol. The second kappa shape index (κ2) is 14.4. The van der Waals surface area contributed by atoms with Crippen LogP contribution in [0.25, 0.3) is 5.57 Å². The van der Waals surface area contributed by atoms with Gasteiger partial charge < -0.3 is 24.7 Å². The van der Waals surface area contributed by atoms with Gasteiger partial charge in [0.1, 0.15) is 23.7 Å². The van der Waals surface area contributed by atoms with Crippen molar-refractivity contribution in [1.29, 1.82) is 5.41 Å². The molecule has 43 heavy (non-hydrogen) atoms. The summed E-state index contributed by atoms with van der Waals surface area (Å²) in [6.45, 7) is 11.6. The molecule has 0 fully saturated rings. The summed E-state index contributed by atoms with van der Waals surface area (Å²) in [6.07, 6.45) is 0.738. The van der Waals surface area contributed by atoms with Crippen LogP contribution >= 0.6 is 0 Å². The van der Waals surface area contributed by atoms with E-state index in [0.717, 1.165) is 5.56 Å². The van der Waals surface area contributed by atoms with Crippen LogP contribution in [0.1, 0.15) is 69.7 Å². The van der Waals surface area contributed by atoms with Gasteiger partial charge >= 0.3 is 12.1 Å². The van der Waals surface area contributed by atoms with Crippen LogP contribution < -0.4 is 20.5 Å². The number of amides is 1. The zero-order valence-electron chi connectivity index (χ0n) is 25.7. The van der Waals surface area contributed by atoms with Gasteiger partial charge in [0.05, 0.1) is 19.4 Å². The number of pyridine rings is 1. The summed E-state index contributed by atoms with van der Waals surface area (Å²) < 4.78 is 22.1. The van der Waals surface area contributed by atoms with Gasteiger partial charge in [-0.1, -0.05) is 44.2 Å². The van der Waals surface area contributed by atoms with Gasteiger partial charge in [0.25, 0.3) is 0 Å². The van der Waals surface area contributed by atoms with E-state index in [1.165, 1.54) is 24.9 Å². The number of carbonyl (C=O) groups excluding carboxylic acids is 2. The molecule has 0 unspecified atom stereocenters. The Labute approximate surface area is 252 Å². The van der Waals surface area contributed by atoms with Crippen LogP contribution in [0.4, 0.5) is 10.6 Å². The molecule has 0 aliphatic heterocycles. The highest BCUT2D eigenvalue weighted by Crippen LogP contribution is 2.33. The quantitative estimate of drug-likeness (QED) is 0.132. The van der Waals surface area contributed by atoms with Crippen molar-refractivity contribution >= 4 is 29.2 Å². The number of rotatable bonds is 11. The van der Waals surface area contributed by atoms with E-state index in [9.17, 15) is 9.59 Å². The number of methoxy groups -OCH3 is 1. The van der Waals surface area contributed by atoms with Crippen molar-refractivity contribution in [3.05, 3.63) is 88.7 Å². The van der Waals surface area contributed by atoms with E-state index in [0.29, 0.717) is 35.2 Å². The molecule has 0 saturated carbocycles. The van der Waals surface area contributed by atoms with Gasteiger partial charge in [-0.2, -0.15) is 0 Å². The zero-order chi connectivity index (χ0) is 31.7. The molecular weight excluding hydrogens is 548 g/mol. The molecular formula is C33H40N4O6. The van der Waals surface area contributed by atoms with E-state index in [1.54, 1.807) is 52.0 Å². The summed E-state index contributed by atoms with van der Waals surface area (Å²) in [4.78, 5) is 29.2. The van der Waals surface area contributed by atoms with Crippen LogP contribution in [-0.4, -0.2) is 42.1 Å².